The average Bonchev–Trinajstić information content (AvgIpc) is 2.85. The van der Waals surface area contributed by atoms with E-state index >= 15 is 0 Å². The van der Waals surface area contributed by atoms with Gasteiger partial charge in [0.05, 0.1) is 14.2 Å². The van der Waals surface area contributed by atoms with Crippen molar-refractivity contribution >= 4 is 23.5 Å². The maximum atomic E-state index is 13.4. The third kappa shape index (κ3) is 7.21. The van der Waals surface area contributed by atoms with Crippen LogP contribution >= 0.6 is 0 Å². The molecule has 0 radical (unpaired) electrons. The summed E-state index contributed by atoms with van der Waals surface area (Å²) in [6.07, 6.45) is -10.3. The van der Waals surface area contributed by atoms with Gasteiger partial charge in [-0.3, -0.25) is 4.79 Å². The van der Waals surface area contributed by atoms with E-state index in [2.05, 4.69) is 0 Å². The largest absolute Gasteiger partial charge is 0.497 e. The minimum absolute atomic E-state index is 0.104. The Hall–Kier alpha value is -3.55. The van der Waals surface area contributed by atoms with Gasteiger partial charge in [0.2, 0.25) is 0 Å². The second-order valence-electron chi connectivity index (χ2n) is 7.38. The molecule has 5 atom stereocenters. The van der Waals surface area contributed by atoms with E-state index in [0.717, 1.165) is 12.1 Å². The standard InChI is InChI=1S/C23H26FNO10/c1-34-14-7-11(8-15(10-14)35-2)9-16(12-3-5-13(24)6-4-12)21(30)25-22(31)19(28)17(26)18(27)20(29)23(32)33/h3-10,17-20,22,26-29,31H,1-2H3,(H,25,30)(H,32,33). The summed E-state index contributed by atoms with van der Waals surface area (Å²) in [6, 6.07) is 9.51. The molecular formula is C23H26FNO10. The molecule has 0 aliphatic heterocycles. The number of hydrogen-bond donors (Lipinski definition) is 7. The van der Waals surface area contributed by atoms with Gasteiger partial charge in [-0.05, 0) is 41.5 Å². The lowest BCUT2D eigenvalue weighted by Gasteiger charge is -2.28. The van der Waals surface area contributed by atoms with Crippen LogP contribution in [0.1, 0.15) is 11.1 Å². The van der Waals surface area contributed by atoms with E-state index in [4.69, 9.17) is 14.6 Å². The quantitative estimate of drug-likeness (QED) is 0.120. The van der Waals surface area contributed by atoms with Crippen molar-refractivity contribution < 1.29 is 54.1 Å². The van der Waals surface area contributed by atoms with E-state index in [1.54, 1.807) is 18.2 Å². The Bertz CT molecular complexity index is 1040. The number of hydrogen-bond acceptors (Lipinski definition) is 9. The molecule has 0 aliphatic carbocycles. The molecule has 2 aromatic rings. The van der Waals surface area contributed by atoms with Gasteiger partial charge in [0.25, 0.3) is 5.91 Å². The first-order chi connectivity index (χ1) is 16.5. The first-order valence-electron chi connectivity index (χ1n) is 10.1. The zero-order valence-electron chi connectivity index (χ0n) is 18.7. The number of benzene rings is 2. The van der Waals surface area contributed by atoms with Gasteiger partial charge in [0, 0.05) is 11.6 Å². The lowest BCUT2D eigenvalue weighted by molar-refractivity contribution is -0.170. The highest BCUT2D eigenvalue weighted by Gasteiger charge is 2.38. The Morgan fingerprint density at radius 2 is 1.43 bits per heavy atom. The van der Waals surface area contributed by atoms with Crippen LogP contribution in [0.25, 0.3) is 11.6 Å². The van der Waals surface area contributed by atoms with Gasteiger partial charge in [0.15, 0.2) is 12.3 Å². The topological polar surface area (TPSA) is 186 Å². The van der Waals surface area contributed by atoms with Crippen LogP contribution < -0.4 is 14.8 Å². The lowest BCUT2D eigenvalue weighted by atomic mass is 10.00. The highest BCUT2D eigenvalue weighted by Crippen LogP contribution is 2.27. The van der Waals surface area contributed by atoms with Crippen LogP contribution in [-0.4, -0.2) is 87.4 Å². The molecule has 0 saturated heterocycles. The predicted molar refractivity (Wildman–Crippen MR) is 120 cm³/mol. The van der Waals surface area contributed by atoms with Crippen molar-refractivity contribution in [2.75, 3.05) is 14.2 Å². The summed E-state index contributed by atoms with van der Waals surface area (Å²) >= 11 is 0. The normalized spacial score (nSPS) is 15.9. The van der Waals surface area contributed by atoms with Gasteiger partial charge in [-0.15, -0.1) is 0 Å². The number of rotatable bonds is 11. The van der Waals surface area contributed by atoms with E-state index in [9.17, 15) is 39.5 Å². The Labute approximate surface area is 199 Å². The molecule has 0 aromatic heterocycles. The molecule has 35 heavy (non-hydrogen) atoms. The zero-order chi connectivity index (χ0) is 26.3. The fraction of sp³-hybridized carbons (Fsp3) is 0.304. The Morgan fingerprint density at radius 1 is 0.886 bits per heavy atom. The molecule has 190 valence electrons. The lowest BCUT2D eigenvalue weighted by Crippen LogP contribution is -2.55. The van der Waals surface area contributed by atoms with Crippen LogP contribution in [0, 0.1) is 5.82 Å². The molecule has 0 heterocycles. The van der Waals surface area contributed by atoms with Crippen LogP contribution in [0.15, 0.2) is 42.5 Å². The zero-order valence-corrected chi connectivity index (χ0v) is 18.7. The Kier molecular flexibility index (Phi) is 9.68. The first-order valence-corrected chi connectivity index (χ1v) is 10.1. The summed E-state index contributed by atoms with van der Waals surface area (Å²) in [5, 5.41) is 59.9. The molecule has 11 nitrogen and oxygen atoms in total. The number of amides is 1. The minimum Gasteiger partial charge on any atom is -0.497 e. The molecule has 5 unspecified atom stereocenters. The predicted octanol–water partition coefficient (Wildman–Crippen LogP) is -0.654. The number of halogens is 1. The van der Waals surface area contributed by atoms with E-state index in [1.807, 2.05) is 5.32 Å². The highest BCUT2D eigenvalue weighted by atomic mass is 19.1. The molecule has 12 heteroatoms. The summed E-state index contributed by atoms with van der Waals surface area (Å²) in [5.74, 6) is -2.62. The summed E-state index contributed by atoms with van der Waals surface area (Å²) < 4.78 is 23.8. The number of methoxy groups -OCH3 is 2. The van der Waals surface area contributed by atoms with Gasteiger partial charge in [0.1, 0.15) is 35.6 Å². The Morgan fingerprint density at radius 3 is 1.91 bits per heavy atom. The summed E-state index contributed by atoms with van der Waals surface area (Å²) in [6.45, 7) is 0. The summed E-state index contributed by atoms with van der Waals surface area (Å²) in [5.41, 5.74) is 0.534. The molecule has 0 spiro atoms. The van der Waals surface area contributed by atoms with E-state index in [0.29, 0.717) is 17.1 Å². The van der Waals surface area contributed by atoms with E-state index in [-0.39, 0.29) is 11.1 Å². The molecule has 7 N–H and O–H groups in total. The average molecular weight is 495 g/mol. The number of nitrogens with one attached hydrogen (secondary N) is 1. The number of aliphatic hydroxyl groups is 5. The van der Waals surface area contributed by atoms with Crippen molar-refractivity contribution in [1.82, 2.24) is 5.32 Å². The number of carboxylic acid groups (broad SMARTS) is 1. The number of aliphatic carboxylic acids is 1. The molecular weight excluding hydrogens is 469 g/mol. The molecule has 2 rings (SSSR count). The maximum absolute atomic E-state index is 13.4. The maximum Gasteiger partial charge on any atom is 0.335 e. The molecule has 2 aromatic carbocycles. The second kappa shape index (κ2) is 12.2. The fourth-order valence-electron chi connectivity index (χ4n) is 3.01. The Balaban J connectivity index is 2.37. The van der Waals surface area contributed by atoms with Crippen LogP contribution in [0.2, 0.25) is 0 Å². The molecule has 1 amide bonds. The van der Waals surface area contributed by atoms with Gasteiger partial charge >= 0.3 is 5.97 Å². The minimum atomic E-state index is -2.46. The SMILES string of the molecule is COc1cc(C=C(C(=O)NC(O)C(O)C(O)C(O)C(O)C(=O)O)c2ccc(F)cc2)cc(OC)c1. The number of carboxylic acids is 1. The van der Waals surface area contributed by atoms with Crippen molar-refractivity contribution in [3.8, 4) is 11.5 Å². The number of ether oxygens (including phenoxy) is 2. The van der Waals surface area contributed by atoms with Crippen molar-refractivity contribution in [3.05, 3.63) is 59.4 Å². The van der Waals surface area contributed by atoms with Gasteiger partial charge in [-0.2, -0.15) is 0 Å². The van der Waals surface area contributed by atoms with Crippen molar-refractivity contribution in [1.29, 1.82) is 0 Å². The molecule has 0 saturated carbocycles. The van der Waals surface area contributed by atoms with Crippen LogP contribution in [0.3, 0.4) is 0 Å². The van der Waals surface area contributed by atoms with E-state index < -0.39 is 48.3 Å². The van der Waals surface area contributed by atoms with Crippen molar-refractivity contribution in [2.45, 2.75) is 30.6 Å². The van der Waals surface area contributed by atoms with Crippen LogP contribution in [-0.2, 0) is 9.59 Å². The van der Waals surface area contributed by atoms with Gasteiger partial charge in [-0.1, -0.05) is 12.1 Å². The molecule has 0 bridgehead atoms. The number of aliphatic hydroxyl groups excluding tert-OH is 5. The highest BCUT2D eigenvalue weighted by molar-refractivity contribution is 6.24. The third-order valence-corrected chi connectivity index (χ3v) is 4.96. The first kappa shape index (κ1) is 27.7. The van der Waals surface area contributed by atoms with Crippen LogP contribution in [0.4, 0.5) is 4.39 Å². The smallest absolute Gasteiger partial charge is 0.335 e. The van der Waals surface area contributed by atoms with Crippen molar-refractivity contribution in [2.24, 2.45) is 0 Å². The molecule has 0 aliphatic rings. The van der Waals surface area contributed by atoms with Crippen molar-refractivity contribution in [3.63, 3.8) is 0 Å². The van der Waals surface area contributed by atoms with E-state index in [1.165, 1.54) is 32.4 Å². The summed E-state index contributed by atoms with van der Waals surface area (Å²) in [7, 11) is 2.85. The monoisotopic (exact) mass is 495 g/mol. The fourth-order valence-corrected chi connectivity index (χ4v) is 3.01. The van der Waals surface area contributed by atoms with Gasteiger partial charge < -0.3 is 45.4 Å². The number of carbonyl (C=O) groups excluding carboxylic acids is 1. The third-order valence-electron chi connectivity index (χ3n) is 4.96. The summed E-state index contributed by atoms with van der Waals surface area (Å²) in [4.78, 5) is 23.8. The van der Waals surface area contributed by atoms with Gasteiger partial charge in [-0.25, -0.2) is 9.18 Å². The number of carbonyl (C=O) groups is 2. The second-order valence-corrected chi connectivity index (χ2v) is 7.38. The van der Waals surface area contributed by atoms with Crippen LogP contribution in [0.5, 0.6) is 11.5 Å². The molecule has 0 fully saturated rings.